The van der Waals surface area contributed by atoms with Gasteiger partial charge in [0.25, 0.3) is 5.69 Å². The first-order valence-electron chi connectivity index (χ1n) is 7.00. The zero-order valence-electron chi connectivity index (χ0n) is 12.0. The molecule has 0 amide bonds. The highest BCUT2D eigenvalue weighted by molar-refractivity contribution is 5.96. The number of non-ortho nitro benzene ring substituents is 1. The van der Waals surface area contributed by atoms with Crippen LogP contribution in [0.3, 0.4) is 0 Å². The third kappa shape index (κ3) is 3.66. The molecule has 6 heteroatoms. The Bertz CT molecular complexity index is 631. The average molecular weight is 289 g/mol. The second-order valence-electron chi connectivity index (χ2n) is 5.15. The van der Waals surface area contributed by atoms with E-state index in [0.29, 0.717) is 11.4 Å². The molecular formula is C15H19N3O3. The highest BCUT2D eigenvalue weighted by Gasteiger charge is 2.14. The van der Waals surface area contributed by atoms with Crippen LogP contribution >= 0.6 is 0 Å². The van der Waals surface area contributed by atoms with Crippen LogP contribution in [0.25, 0.3) is 10.9 Å². The lowest BCUT2D eigenvalue weighted by Crippen LogP contribution is -2.07. The van der Waals surface area contributed by atoms with Gasteiger partial charge in [0.05, 0.1) is 4.92 Å². The van der Waals surface area contributed by atoms with Gasteiger partial charge < -0.3 is 10.4 Å². The van der Waals surface area contributed by atoms with Gasteiger partial charge in [-0.15, -0.1) is 0 Å². The van der Waals surface area contributed by atoms with Crippen LogP contribution in [0.4, 0.5) is 11.4 Å². The number of nitrogens with zero attached hydrogens (tertiary/aromatic N) is 2. The van der Waals surface area contributed by atoms with E-state index < -0.39 is 4.92 Å². The number of fused-ring (bicyclic) bond motifs is 1. The largest absolute Gasteiger partial charge is 0.396 e. The van der Waals surface area contributed by atoms with Crippen LogP contribution in [0.5, 0.6) is 0 Å². The molecule has 6 nitrogen and oxygen atoms in total. The van der Waals surface area contributed by atoms with Crippen LogP contribution in [0.1, 0.15) is 19.8 Å². The van der Waals surface area contributed by atoms with Crippen molar-refractivity contribution in [3.63, 3.8) is 0 Å². The van der Waals surface area contributed by atoms with Gasteiger partial charge in [0.15, 0.2) is 0 Å². The molecule has 0 saturated carbocycles. The van der Waals surface area contributed by atoms with Gasteiger partial charge in [-0.3, -0.25) is 10.1 Å². The van der Waals surface area contributed by atoms with Gasteiger partial charge in [0, 0.05) is 36.5 Å². The van der Waals surface area contributed by atoms with Crippen LogP contribution in [0, 0.1) is 16.0 Å². The second-order valence-corrected chi connectivity index (χ2v) is 5.15. The highest BCUT2D eigenvalue weighted by atomic mass is 16.6. The Morgan fingerprint density at radius 1 is 1.43 bits per heavy atom. The van der Waals surface area contributed by atoms with Crippen molar-refractivity contribution >= 4 is 22.3 Å². The Kier molecular flexibility index (Phi) is 5.05. The molecule has 1 heterocycles. The van der Waals surface area contributed by atoms with Crippen LogP contribution < -0.4 is 5.32 Å². The van der Waals surface area contributed by atoms with Gasteiger partial charge in [-0.2, -0.15) is 0 Å². The Hall–Kier alpha value is -2.21. The number of benzene rings is 1. The zero-order valence-corrected chi connectivity index (χ0v) is 12.0. The predicted octanol–water partition coefficient (Wildman–Crippen LogP) is 2.96. The van der Waals surface area contributed by atoms with Crippen molar-refractivity contribution in [1.29, 1.82) is 0 Å². The van der Waals surface area contributed by atoms with Crippen LogP contribution in [0.2, 0.25) is 0 Å². The lowest BCUT2D eigenvalue weighted by atomic mass is 10.1. The maximum Gasteiger partial charge on any atom is 0.295 e. The van der Waals surface area contributed by atoms with E-state index in [-0.39, 0.29) is 12.3 Å². The summed E-state index contributed by atoms with van der Waals surface area (Å²) in [6.45, 7) is 2.96. The summed E-state index contributed by atoms with van der Waals surface area (Å²) in [6.07, 6.45) is 3.43. The summed E-state index contributed by atoms with van der Waals surface area (Å²) >= 11 is 0. The van der Waals surface area contributed by atoms with E-state index in [1.807, 2.05) is 13.0 Å². The summed E-state index contributed by atoms with van der Waals surface area (Å²) in [5, 5.41) is 24.0. The van der Waals surface area contributed by atoms with Crippen molar-refractivity contribution in [1.82, 2.24) is 4.98 Å². The maximum atomic E-state index is 11.0. The Morgan fingerprint density at radius 2 is 2.24 bits per heavy atom. The van der Waals surface area contributed by atoms with Gasteiger partial charge in [-0.25, -0.2) is 4.98 Å². The summed E-state index contributed by atoms with van der Waals surface area (Å²) in [5.41, 5.74) is 1.27. The quantitative estimate of drug-likeness (QED) is 0.465. The molecule has 0 fully saturated rings. The van der Waals surface area contributed by atoms with Crippen LogP contribution in [-0.2, 0) is 0 Å². The first-order chi connectivity index (χ1) is 10.1. The number of nitro benzene ring substituents is 1. The molecular weight excluding hydrogens is 270 g/mol. The number of nitro groups is 1. The van der Waals surface area contributed by atoms with E-state index in [9.17, 15) is 10.1 Å². The van der Waals surface area contributed by atoms with E-state index >= 15 is 0 Å². The molecule has 0 spiro atoms. The van der Waals surface area contributed by atoms with E-state index in [0.717, 1.165) is 30.5 Å². The SMILES string of the molecule is CC(CO)CCCNc1ccc([N+](=O)[O-])c2ncccc12. The average Bonchev–Trinajstić information content (AvgIpc) is 2.50. The van der Waals surface area contributed by atoms with Crippen molar-refractivity contribution < 1.29 is 10.0 Å². The molecule has 1 aromatic heterocycles. The third-order valence-electron chi connectivity index (χ3n) is 3.45. The van der Waals surface area contributed by atoms with Crippen LogP contribution in [0.15, 0.2) is 30.5 Å². The molecule has 2 N–H and O–H groups in total. The lowest BCUT2D eigenvalue weighted by Gasteiger charge is -2.11. The van der Waals surface area contributed by atoms with E-state index in [2.05, 4.69) is 10.3 Å². The molecule has 0 saturated heterocycles. The highest BCUT2D eigenvalue weighted by Crippen LogP contribution is 2.29. The standard InChI is InChI=1S/C15H19N3O3/c1-11(10-19)4-2-8-16-13-6-7-14(18(20)21)15-12(13)5-3-9-17-15/h3,5-7,9,11,16,19H,2,4,8,10H2,1H3. The van der Waals surface area contributed by atoms with Crippen molar-refractivity contribution in [2.75, 3.05) is 18.5 Å². The number of aromatic nitrogens is 1. The van der Waals surface area contributed by atoms with E-state index in [1.165, 1.54) is 6.07 Å². The van der Waals surface area contributed by atoms with Crippen molar-refractivity contribution in [3.8, 4) is 0 Å². The Morgan fingerprint density at radius 3 is 2.95 bits per heavy atom. The predicted molar refractivity (Wildman–Crippen MR) is 82.4 cm³/mol. The first kappa shape index (κ1) is 15.2. The number of hydrogen-bond acceptors (Lipinski definition) is 5. The second kappa shape index (κ2) is 6.99. The molecule has 0 aliphatic carbocycles. The number of aliphatic hydroxyl groups excluding tert-OH is 1. The molecule has 21 heavy (non-hydrogen) atoms. The minimum absolute atomic E-state index is 0.0186. The fourth-order valence-electron chi connectivity index (χ4n) is 2.22. The molecule has 0 aliphatic rings. The molecule has 1 aromatic carbocycles. The Balaban J connectivity index is 2.14. The monoisotopic (exact) mass is 289 g/mol. The fourth-order valence-corrected chi connectivity index (χ4v) is 2.22. The first-order valence-corrected chi connectivity index (χ1v) is 7.00. The fraction of sp³-hybridized carbons (Fsp3) is 0.400. The van der Waals surface area contributed by atoms with Gasteiger partial charge >= 0.3 is 0 Å². The number of rotatable bonds is 7. The van der Waals surface area contributed by atoms with Crippen molar-refractivity contribution in [2.45, 2.75) is 19.8 Å². The molecule has 2 aromatic rings. The minimum atomic E-state index is -0.415. The molecule has 1 atom stereocenters. The number of aliphatic hydroxyl groups is 1. The molecule has 2 rings (SSSR count). The maximum absolute atomic E-state index is 11.0. The summed E-state index contributed by atoms with van der Waals surface area (Å²) in [4.78, 5) is 14.7. The topological polar surface area (TPSA) is 88.3 Å². The molecule has 1 unspecified atom stereocenters. The molecule has 0 radical (unpaired) electrons. The van der Waals surface area contributed by atoms with Gasteiger partial charge in [0.1, 0.15) is 5.52 Å². The van der Waals surface area contributed by atoms with Crippen molar-refractivity contribution in [2.24, 2.45) is 5.92 Å². The smallest absolute Gasteiger partial charge is 0.295 e. The molecule has 0 aliphatic heterocycles. The van der Waals surface area contributed by atoms with Gasteiger partial charge in [-0.05, 0) is 37.0 Å². The number of nitrogens with one attached hydrogen (secondary N) is 1. The van der Waals surface area contributed by atoms with E-state index in [1.54, 1.807) is 18.3 Å². The number of pyridine rings is 1. The number of anilines is 1. The van der Waals surface area contributed by atoms with Gasteiger partial charge in [-0.1, -0.05) is 6.92 Å². The lowest BCUT2D eigenvalue weighted by molar-refractivity contribution is -0.383. The summed E-state index contributed by atoms with van der Waals surface area (Å²) in [6, 6.07) is 6.80. The minimum Gasteiger partial charge on any atom is -0.396 e. The zero-order chi connectivity index (χ0) is 15.2. The Labute approximate surface area is 123 Å². The van der Waals surface area contributed by atoms with Crippen LogP contribution in [-0.4, -0.2) is 28.2 Å². The third-order valence-corrected chi connectivity index (χ3v) is 3.45. The summed E-state index contributed by atoms with van der Waals surface area (Å²) in [5.74, 6) is 0.294. The van der Waals surface area contributed by atoms with Crippen molar-refractivity contribution in [3.05, 3.63) is 40.6 Å². The molecule has 0 bridgehead atoms. The number of hydrogen-bond donors (Lipinski definition) is 2. The summed E-state index contributed by atoms with van der Waals surface area (Å²) < 4.78 is 0. The summed E-state index contributed by atoms with van der Waals surface area (Å²) in [7, 11) is 0. The van der Waals surface area contributed by atoms with Gasteiger partial charge in [0.2, 0.25) is 0 Å². The normalized spacial score (nSPS) is 12.3. The van der Waals surface area contributed by atoms with E-state index in [4.69, 9.17) is 5.11 Å². The molecule has 112 valence electrons.